The van der Waals surface area contributed by atoms with Gasteiger partial charge in [-0.1, -0.05) is 0 Å². The molecule has 2 saturated heterocycles. The molecule has 1 aliphatic carbocycles. The second-order valence-electron chi connectivity index (χ2n) is 6.00. The van der Waals surface area contributed by atoms with Gasteiger partial charge in [-0.25, -0.2) is 0 Å². The van der Waals surface area contributed by atoms with Gasteiger partial charge in [0.1, 0.15) is 11.9 Å². The van der Waals surface area contributed by atoms with Crippen LogP contribution in [-0.2, 0) is 0 Å². The van der Waals surface area contributed by atoms with Gasteiger partial charge >= 0.3 is 6.18 Å². The number of piperidine rings is 2. The molecule has 1 saturated carbocycles. The van der Waals surface area contributed by atoms with Gasteiger partial charge in [0.15, 0.2) is 0 Å². The lowest BCUT2D eigenvalue weighted by molar-refractivity contribution is -0.167. The lowest BCUT2D eigenvalue weighted by atomic mass is 9.77. The molecule has 3 fully saturated rings. The number of hydrogen-bond acceptors (Lipinski definition) is 3. The molecule has 21 heavy (non-hydrogen) atoms. The summed E-state index contributed by atoms with van der Waals surface area (Å²) in [4.78, 5) is 1.57. The standard InChI is InChI=1S/C15H19F3N2O/c16-15(17,18)9-20-8-10-1-4-12(20)7-14(10)21-13-5-2-11(19)3-6-13/h2-3,5-6,10,12,14H,1,4,7-9,19H2. The molecule has 3 aliphatic rings. The highest BCUT2D eigenvalue weighted by atomic mass is 19.4. The molecule has 2 heterocycles. The second kappa shape index (κ2) is 5.40. The molecule has 0 amide bonds. The number of nitrogens with zero attached hydrogens (tertiary/aromatic N) is 1. The van der Waals surface area contributed by atoms with Crippen molar-refractivity contribution in [2.24, 2.45) is 5.92 Å². The minimum Gasteiger partial charge on any atom is -0.490 e. The number of nitrogen functional groups attached to an aromatic ring is 1. The van der Waals surface area contributed by atoms with Gasteiger partial charge in [0.2, 0.25) is 0 Å². The summed E-state index contributed by atoms with van der Waals surface area (Å²) in [5.74, 6) is 0.916. The summed E-state index contributed by atoms with van der Waals surface area (Å²) in [6.45, 7) is -0.327. The van der Waals surface area contributed by atoms with Crippen molar-refractivity contribution in [2.75, 3.05) is 18.8 Å². The number of fused-ring (bicyclic) bond motifs is 3. The van der Waals surface area contributed by atoms with Crippen LogP contribution in [-0.4, -0.2) is 36.3 Å². The largest absolute Gasteiger partial charge is 0.490 e. The highest BCUT2D eigenvalue weighted by Crippen LogP contribution is 2.38. The van der Waals surface area contributed by atoms with Crippen LogP contribution >= 0.6 is 0 Å². The SMILES string of the molecule is Nc1ccc(OC2CC3CCC2CN3CC(F)(F)F)cc1. The quantitative estimate of drug-likeness (QED) is 0.872. The van der Waals surface area contributed by atoms with E-state index in [2.05, 4.69) is 0 Å². The molecule has 1 aromatic rings. The summed E-state index contributed by atoms with van der Waals surface area (Å²) in [6, 6.07) is 7.14. The molecule has 6 heteroatoms. The van der Waals surface area contributed by atoms with E-state index in [1.807, 2.05) is 12.1 Å². The Kier molecular flexibility index (Phi) is 3.73. The number of benzene rings is 1. The van der Waals surface area contributed by atoms with Gasteiger partial charge in [0, 0.05) is 30.6 Å². The van der Waals surface area contributed by atoms with Crippen molar-refractivity contribution in [3.8, 4) is 5.75 Å². The van der Waals surface area contributed by atoms with Gasteiger partial charge < -0.3 is 10.5 Å². The normalized spacial score (nSPS) is 29.6. The predicted molar refractivity (Wildman–Crippen MR) is 74.0 cm³/mol. The molecular weight excluding hydrogens is 281 g/mol. The molecule has 2 aliphatic heterocycles. The van der Waals surface area contributed by atoms with Crippen LogP contribution in [0.1, 0.15) is 19.3 Å². The Morgan fingerprint density at radius 1 is 1.19 bits per heavy atom. The van der Waals surface area contributed by atoms with Crippen molar-refractivity contribution in [1.29, 1.82) is 0 Å². The van der Waals surface area contributed by atoms with Crippen molar-refractivity contribution in [3.05, 3.63) is 24.3 Å². The molecule has 2 bridgehead atoms. The number of anilines is 1. The van der Waals surface area contributed by atoms with Gasteiger partial charge in [0.05, 0.1) is 6.54 Å². The predicted octanol–water partition coefficient (Wildman–Crippen LogP) is 3.06. The molecular formula is C15H19F3N2O. The monoisotopic (exact) mass is 300 g/mol. The summed E-state index contributed by atoms with van der Waals surface area (Å²) in [6.07, 6.45) is -1.66. The third-order valence-electron chi connectivity index (χ3n) is 4.44. The number of nitrogens with two attached hydrogens (primary N) is 1. The van der Waals surface area contributed by atoms with Crippen molar-refractivity contribution in [2.45, 2.75) is 37.6 Å². The average Bonchev–Trinajstić information content (AvgIpc) is 2.41. The Bertz CT molecular complexity index is 489. The topological polar surface area (TPSA) is 38.5 Å². The van der Waals surface area contributed by atoms with E-state index in [1.165, 1.54) is 0 Å². The lowest BCUT2D eigenvalue weighted by Gasteiger charge is -2.49. The van der Waals surface area contributed by atoms with Crippen LogP contribution < -0.4 is 10.5 Å². The van der Waals surface area contributed by atoms with Gasteiger partial charge in [-0.15, -0.1) is 0 Å². The van der Waals surface area contributed by atoms with Crippen molar-refractivity contribution >= 4 is 5.69 Å². The summed E-state index contributed by atoms with van der Waals surface area (Å²) in [7, 11) is 0. The first-order valence-electron chi connectivity index (χ1n) is 7.24. The maximum Gasteiger partial charge on any atom is 0.401 e. The zero-order valence-electron chi connectivity index (χ0n) is 11.6. The fourth-order valence-electron chi connectivity index (χ4n) is 3.45. The maximum absolute atomic E-state index is 12.6. The Labute approximate surface area is 121 Å². The molecule has 1 aromatic carbocycles. The Morgan fingerprint density at radius 3 is 2.48 bits per heavy atom. The van der Waals surface area contributed by atoms with E-state index >= 15 is 0 Å². The van der Waals surface area contributed by atoms with Crippen LogP contribution in [0.2, 0.25) is 0 Å². The molecule has 116 valence electrons. The van der Waals surface area contributed by atoms with E-state index in [0.717, 1.165) is 18.6 Å². The van der Waals surface area contributed by atoms with E-state index in [1.54, 1.807) is 17.0 Å². The van der Waals surface area contributed by atoms with Crippen molar-refractivity contribution < 1.29 is 17.9 Å². The third-order valence-corrected chi connectivity index (χ3v) is 4.44. The number of hydrogen-bond donors (Lipinski definition) is 1. The van der Waals surface area contributed by atoms with Crippen molar-refractivity contribution in [3.63, 3.8) is 0 Å². The molecule has 0 radical (unpaired) electrons. The number of halogens is 3. The number of ether oxygens (including phenoxy) is 1. The molecule has 0 spiro atoms. The van der Waals surface area contributed by atoms with Crippen LogP contribution in [0, 0.1) is 5.92 Å². The van der Waals surface area contributed by atoms with Gasteiger partial charge in [0.25, 0.3) is 0 Å². The summed E-state index contributed by atoms with van der Waals surface area (Å²) in [5.41, 5.74) is 6.30. The Balaban J connectivity index is 1.62. The molecule has 3 nitrogen and oxygen atoms in total. The van der Waals surface area contributed by atoms with Crippen LogP contribution in [0.4, 0.5) is 18.9 Å². The number of alkyl halides is 3. The molecule has 4 rings (SSSR count). The smallest absolute Gasteiger partial charge is 0.401 e. The number of rotatable bonds is 3. The van der Waals surface area contributed by atoms with Crippen LogP contribution in [0.15, 0.2) is 24.3 Å². The Hall–Kier alpha value is -1.43. The third kappa shape index (κ3) is 3.43. The highest BCUT2D eigenvalue weighted by Gasteiger charge is 2.45. The van der Waals surface area contributed by atoms with E-state index in [0.29, 0.717) is 18.7 Å². The first kappa shape index (κ1) is 14.5. The molecule has 3 unspecified atom stereocenters. The Morgan fingerprint density at radius 2 is 1.90 bits per heavy atom. The van der Waals surface area contributed by atoms with E-state index in [-0.39, 0.29) is 18.1 Å². The fourth-order valence-corrected chi connectivity index (χ4v) is 3.45. The molecule has 2 N–H and O–H groups in total. The fraction of sp³-hybridized carbons (Fsp3) is 0.600. The zero-order valence-corrected chi connectivity index (χ0v) is 11.6. The van der Waals surface area contributed by atoms with Gasteiger partial charge in [-0.3, -0.25) is 4.90 Å². The summed E-state index contributed by atoms with van der Waals surface area (Å²) < 4.78 is 43.6. The van der Waals surface area contributed by atoms with Crippen LogP contribution in [0.25, 0.3) is 0 Å². The maximum atomic E-state index is 12.6. The second-order valence-corrected chi connectivity index (χ2v) is 6.00. The molecule has 0 aromatic heterocycles. The van der Waals surface area contributed by atoms with Gasteiger partial charge in [-0.05, 0) is 37.1 Å². The van der Waals surface area contributed by atoms with E-state index in [4.69, 9.17) is 10.5 Å². The highest BCUT2D eigenvalue weighted by molar-refractivity contribution is 5.41. The van der Waals surface area contributed by atoms with Crippen molar-refractivity contribution in [1.82, 2.24) is 4.90 Å². The summed E-state index contributed by atoms with van der Waals surface area (Å²) >= 11 is 0. The first-order chi connectivity index (χ1) is 9.90. The minimum atomic E-state index is -4.12. The lowest BCUT2D eigenvalue weighted by Crippen LogP contribution is -2.57. The average molecular weight is 300 g/mol. The van der Waals surface area contributed by atoms with Crippen LogP contribution in [0.5, 0.6) is 5.75 Å². The summed E-state index contributed by atoms with van der Waals surface area (Å²) in [5, 5.41) is 0. The van der Waals surface area contributed by atoms with Crippen LogP contribution in [0.3, 0.4) is 0 Å². The minimum absolute atomic E-state index is 0.0110. The van der Waals surface area contributed by atoms with E-state index < -0.39 is 12.7 Å². The van der Waals surface area contributed by atoms with E-state index in [9.17, 15) is 13.2 Å². The molecule has 3 atom stereocenters. The van der Waals surface area contributed by atoms with Gasteiger partial charge in [-0.2, -0.15) is 13.2 Å². The zero-order chi connectivity index (χ0) is 15.0. The first-order valence-corrected chi connectivity index (χ1v) is 7.24.